The van der Waals surface area contributed by atoms with E-state index in [9.17, 15) is 4.39 Å². The minimum atomic E-state index is -0.257. The molecule has 1 atom stereocenters. The van der Waals surface area contributed by atoms with Crippen molar-refractivity contribution in [1.29, 1.82) is 0 Å². The molecule has 2 N–H and O–H groups in total. The molecule has 0 radical (unpaired) electrons. The second-order valence-electron chi connectivity index (χ2n) is 4.94. The van der Waals surface area contributed by atoms with Gasteiger partial charge in [-0.15, -0.1) is 0 Å². The highest BCUT2D eigenvalue weighted by molar-refractivity contribution is 7.80. The number of rotatable bonds is 5. The molecule has 0 fully saturated rings. The fourth-order valence-electron chi connectivity index (χ4n) is 2.11. The fourth-order valence-corrected chi connectivity index (χ4v) is 2.41. The summed E-state index contributed by atoms with van der Waals surface area (Å²) in [5.74, 6) is 1.01. The molecule has 0 aliphatic rings. The highest BCUT2D eigenvalue weighted by atomic mass is 32.1. The highest BCUT2D eigenvalue weighted by Gasteiger charge is 2.09. The number of hydrogen-bond acceptors (Lipinski definition) is 3. The van der Waals surface area contributed by atoms with Crippen molar-refractivity contribution in [3.05, 3.63) is 53.8 Å². The first-order chi connectivity index (χ1) is 11.0. The number of benzene rings is 2. The van der Waals surface area contributed by atoms with E-state index in [2.05, 4.69) is 10.6 Å². The zero-order chi connectivity index (χ0) is 16.8. The zero-order valence-corrected chi connectivity index (χ0v) is 14.0. The summed E-state index contributed by atoms with van der Waals surface area (Å²) in [6.07, 6.45) is 0. The number of anilines is 1. The van der Waals surface area contributed by atoms with Crippen molar-refractivity contribution in [3.63, 3.8) is 0 Å². The SMILES string of the molecule is COc1ccc(NC(=S)N[C@@H](C)c2ccc(F)cc2)cc1OC. The Morgan fingerprint density at radius 3 is 2.30 bits per heavy atom. The molecule has 0 unspecified atom stereocenters. The van der Waals surface area contributed by atoms with Gasteiger partial charge in [0, 0.05) is 11.8 Å². The van der Waals surface area contributed by atoms with Crippen molar-refractivity contribution in [2.24, 2.45) is 0 Å². The second-order valence-corrected chi connectivity index (χ2v) is 5.35. The molecular weight excluding hydrogens is 315 g/mol. The van der Waals surface area contributed by atoms with Crippen LogP contribution in [0.25, 0.3) is 0 Å². The standard InChI is InChI=1S/C17H19FN2O2S/c1-11(12-4-6-13(18)7-5-12)19-17(23)20-14-8-9-15(21-2)16(10-14)22-3/h4-11H,1-3H3,(H2,19,20,23)/t11-/m0/s1. The van der Waals surface area contributed by atoms with Crippen LogP contribution in [0.1, 0.15) is 18.5 Å². The molecule has 0 spiro atoms. The van der Waals surface area contributed by atoms with Crippen molar-refractivity contribution in [3.8, 4) is 11.5 Å². The van der Waals surface area contributed by atoms with Gasteiger partial charge in [-0.05, 0) is 49.0 Å². The molecule has 6 heteroatoms. The Bertz CT molecular complexity index is 677. The highest BCUT2D eigenvalue weighted by Crippen LogP contribution is 2.29. The van der Waals surface area contributed by atoms with E-state index in [0.29, 0.717) is 16.6 Å². The maximum Gasteiger partial charge on any atom is 0.171 e. The lowest BCUT2D eigenvalue weighted by Gasteiger charge is -2.18. The zero-order valence-electron chi connectivity index (χ0n) is 13.2. The van der Waals surface area contributed by atoms with E-state index in [4.69, 9.17) is 21.7 Å². The molecule has 0 amide bonds. The van der Waals surface area contributed by atoms with Gasteiger partial charge in [-0.1, -0.05) is 12.1 Å². The van der Waals surface area contributed by atoms with Crippen LogP contribution in [0.15, 0.2) is 42.5 Å². The van der Waals surface area contributed by atoms with Crippen molar-refractivity contribution in [1.82, 2.24) is 5.32 Å². The number of hydrogen-bond donors (Lipinski definition) is 2. The van der Waals surface area contributed by atoms with Crippen LogP contribution in [0.3, 0.4) is 0 Å². The van der Waals surface area contributed by atoms with Gasteiger partial charge in [-0.3, -0.25) is 0 Å². The number of methoxy groups -OCH3 is 2. The molecule has 0 saturated heterocycles. The van der Waals surface area contributed by atoms with Crippen LogP contribution in [0.4, 0.5) is 10.1 Å². The number of ether oxygens (including phenoxy) is 2. The molecule has 0 bridgehead atoms. The lowest BCUT2D eigenvalue weighted by atomic mass is 10.1. The molecule has 0 heterocycles. The van der Waals surface area contributed by atoms with E-state index >= 15 is 0 Å². The molecule has 2 aromatic carbocycles. The topological polar surface area (TPSA) is 42.5 Å². The predicted molar refractivity (Wildman–Crippen MR) is 93.7 cm³/mol. The first-order valence-corrected chi connectivity index (χ1v) is 7.49. The molecule has 0 aliphatic heterocycles. The Balaban J connectivity index is 2.00. The minimum absolute atomic E-state index is 0.0456. The third-order valence-electron chi connectivity index (χ3n) is 3.36. The van der Waals surface area contributed by atoms with Crippen molar-refractivity contribution < 1.29 is 13.9 Å². The summed E-state index contributed by atoms with van der Waals surface area (Å²) in [6, 6.07) is 11.7. The average Bonchev–Trinajstić information content (AvgIpc) is 2.55. The van der Waals surface area contributed by atoms with Crippen molar-refractivity contribution in [2.75, 3.05) is 19.5 Å². The molecule has 0 aliphatic carbocycles. The molecule has 4 nitrogen and oxygen atoms in total. The smallest absolute Gasteiger partial charge is 0.171 e. The first-order valence-electron chi connectivity index (χ1n) is 7.08. The van der Waals surface area contributed by atoms with Crippen LogP contribution in [-0.4, -0.2) is 19.3 Å². The Hall–Kier alpha value is -2.34. The van der Waals surface area contributed by atoms with Gasteiger partial charge in [0.15, 0.2) is 16.6 Å². The minimum Gasteiger partial charge on any atom is -0.493 e. The van der Waals surface area contributed by atoms with Gasteiger partial charge in [0.2, 0.25) is 0 Å². The van der Waals surface area contributed by atoms with E-state index in [1.807, 2.05) is 13.0 Å². The molecule has 122 valence electrons. The van der Waals surface area contributed by atoms with Crippen LogP contribution < -0.4 is 20.1 Å². The van der Waals surface area contributed by atoms with E-state index in [-0.39, 0.29) is 11.9 Å². The van der Waals surface area contributed by atoms with Gasteiger partial charge < -0.3 is 20.1 Å². The maximum absolute atomic E-state index is 13.0. The summed E-state index contributed by atoms with van der Waals surface area (Å²) < 4.78 is 23.4. The lowest BCUT2D eigenvalue weighted by molar-refractivity contribution is 0.355. The quantitative estimate of drug-likeness (QED) is 0.812. The summed E-state index contributed by atoms with van der Waals surface area (Å²) in [4.78, 5) is 0. The molecule has 0 saturated carbocycles. The van der Waals surface area contributed by atoms with Crippen LogP contribution in [0.5, 0.6) is 11.5 Å². The van der Waals surface area contributed by atoms with Crippen LogP contribution >= 0.6 is 12.2 Å². The van der Waals surface area contributed by atoms with Gasteiger partial charge >= 0.3 is 0 Å². The monoisotopic (exact) mass is 334 g/mol. The summed E-state index contributed by atoms with van der Waals surface area (Å²) in [7, 11) is 3.16. The molecule has 23 heavy (non-hydrogen) atoms. The van der Waals surface area contributed by atoms with Gasteiger partial charge in [0.1, 0.15) is 5.82 Å². The lowest BCUT2D eigenvalue weighted by Crippen LogP contribution is -2.30. The van der Waals surface area contributed by atoms with Gasteiger partial charge in [-0.2, -0.15) is 0 Å². The van der Waals surface area contributed by atoms with E-state index in [1.165, 1.54) is 12.1 Å². The first kappa shape index (κ1) is 17.0. The Kier molecular flexibility index (Phi) is 5.76. The summed E-state index contributed by atoms with van der Waals surface area (Å²) in [5, 5.41) is 6.71. The third kappa shape index (κ3) is 4.56. The average molecular weight is 334 g/mol. The molecule has 0 aromatic heterocycles. The Labute approximate surface area is 140 Å². The van der Waals surface area contributed by atoms with Crippen molar-refractivity contribution in [2.45, 2.75) is 13.0 Å². The summed E-state index contributed by atoms with van der Waals surface area (Å²) in [5.41, 5.74) is 1.73. The van der Waals surface area contributed by atoms with E-state index in [0.717, 1.165) is 11.3 Å². The second kappa shape index (κ2) is 7.78. The van der Waals surface area contributed by atoms with Crippen molar-refractivity contribution >= 4 is 23.0 Å². The van der Waals surface area contributed by atoms with Gasteiger partial charge in [0.25, 0.3) is 0 Å². The largest absolute Gasteiger partial charge is 0.493 e. The summed E-state index contributed by atoms with van der Waals surface area (Å²) in [6.45, 7) is 1.95. The van der Waals surface area contributed by atoms with Gasteiger partial charge in [0.05, 0.1) is 20.3 Å². The van der Waals surface area contributed by atoms with Crippen LogP contribution in [-0.2, 0) is 0 Å². The predicted octanol–water partition coefficient (Wildman–Crippen LogP) is 3.89. The van der Waals surface area contributed by atoms with Crippen LogP contribution in [0, 0.1) is 5.82 Å². The third-order valence-corrected chi connectivity index (χ3v) is 3.58. The van der Waals surface area contributed by atoms with Gasteiger partial charge in [-0.25, -0.2) is 4.39 Å². The Morgan fingerprint density at radius 1 is 1.04 bits per heavy atom. The van der Waals surface area contributed by atoms with E-state index in [1.54, 1.807) is 38.5 Å². The molecule has 2 aromatic rings. The summed E-state index contributed by atoms with van der Waals surface area (Å²) >= 11 is 5.31. The van der Waals surface area contributed by atoms with Crippen LogP contribution in [0.2, 0.25) is 0 Å². The van der Waals surface area contributed by atoms with E-state index < -0.39 is 0 Å². The molecular formula is C17H19FN2O2S. The number of halogens is 1. The Morgan fingerprint density at radius 2 is 1.70 bits per heavy atom. The maximum atomic E-state index is 13.0. The fraction of sp³-hybridized carbons (Fsp3) is 0.235. The number of thiocarbonyl (C=S) groups is 1. The normalized spacial score (nSPS) is 11.5. The number of nitrogens with one attached hydrogen (secondary N) is 2. The molecule has 2 rings (SSSR count).